The number of Topliss-reactive ketones (excluding diaryl/α,β-unsaturated/α-hetero) is 1. The van der Waals surface area contributed by atoms with Gasteiger partial charge in [-0.25, -0.2) is 0 Å². The summed E-state index contributed by atoms with van der Waals surface area (Å²) in [5.41, 5.74) is 1.60. The zero-order valence-electron chi connectivity index (χ0n) is 26.9. The van der Waals surface area contributed by atoms with Gasteiger partial charge in [-0.3, -0.25) is 19.2 Å². The van der Waals surface area contributed by atoms with E-state index < -0.39 is 0 Å². The fraction of sp³-hybridized carbons (Fsp3) is 0.647. The van der Waals surface area contributed by atoms with Gasteiger partial charge < -0.3 is 0 Å². The van der Waals surface area contributed by atoms with Crippen molar-refractivity contribution in [1.82, 2.24) is 0 Å². The first-order chi connectivity index (χ1) is 16.9. The van der Waals surface area contributed by atoms with E-state index in [4.69, 9.17) is 0 Å². The van der Waals surface area contributed by atoms with Crippen LogP contribution in [0.25, 0.3) is 0 Å². The summed E-state index contributed by atoms with van der Waals surface area (Å²) in [5.74, 6) is 1.14. The van der Waals surface area contributed by atoms with Crippen LogP contribution in [0.3, 0.4) is 0 Å². The van der Waals surface area contributed by atoms with Crippen molar-refractivity contribution < 1.29 is 19.2 Å². The molecule has 2 rings (SSSR count). The summed E-state index contributed by atoms with van der Waals surface area (Å²) in [6, 6.07) is 0. The predicted octanol–water partition coefficient (Wildman–Crippen LogP) is 8.85. The van der Waals surface area contributed by atoms with Gasteiger partial charge in [0.25, 0.3) is 0 Å². The summed E-state index contributed by atoms with van der Waals surface area (Å²) < 4.78 is 0. The molecule has 4 nitrogen and oxygen atoms in total. The molecule has 0 bridgehead atoms. The van der Waals surface area contributed by atoms with Crippen LogP contribution in [0.5, 0.6) is 0 Å². The Kier molecular flexibility index (Phi) is 15.2. The van der Waals surface area contributed by atoms with Gasteiger partial charge >= 0.3 is 0 Å². The quantitative estimate of drug-likeness (QED) is 0.343. The minimum absolute atomic E-state index is 0.0949. The number of allylic oxidation sites excluding steroid dienone is 7. The van der Waals surface area contributed by atoms with Crippen molar-refractivity contribution >= 4 is 23.1 Å². The van der Waals surface area contributed by atoms with Crippen LogP contribution in [0.2, 0.25) is 0 Å². The standard InChI is InChI=1S/2C9H14O.C9H16O.C7H12O/c1-9(2,3)7-5-4-6-8(7)10;1-9(2,3)8(10)7-5-4-6-7;1-7(2)6-8(10)9(3,4)5;1-5-6(8)7(2,3)4/h4,6-7H,5H2,1-3H3;5H,4,6H2,1-3H3;6H,1-5H3;5H,1H2,2-4H3. The van der Waals surface area contributed by atoms with Crippen molar-refractivity contribution in [3.8, 4) is 0 Å². The van der Waals surface area contributed by atoms with Crippen LogP contribution in [0.4, 0.5) is 0 Å². The zero-order valence-corrected chi connectivity index (χ0v) is 26.9. The maximum atomic E-state index is 11.4. The summed E-state index contributed by atoms with van der Waals surface area (Å²) >= 11 is 0. The van der Waals surface area contributed by atoms with Gasteiger partial charge in [-0.05, 0) is 62.3 Å². The SMILES string of the molecule is C=CC(=O)C(C)(C)C.CC(C)(C)C(=O)C1=CCC1.CC(C)(C)C1CC=CC1=O.CC(C)=CC(=O)C(C)(C)C. The molecule has 1 atom stereocenters. The average molecular weight is 529 g/mol. The summed E-state index contributed by atoms with van der Waals surface area (Å²) in [6.07, 6.45) is 11.8. The summed E-state index contributed by atoms with van der Waals surface area (Å²) in [5, 5.41) is 0. The molecule has 0 aromatic carbocycles. The third kappa shape index (κ3) is 15.8. The van der Waals surface area contributed by atoms with Gasteiger partial charge in [0.1, 0.15) is 0 Å². The van der Waals surface area contributed by atoms with Gasteiger partial charge in [0, 0.05) is 22.2 Å². The van der Waals surface area contributed by atoms with Crippen LogP contribution in [0.15, 0.2) is 48.1 Å². The topological polar surface area (TPSA) is 68.3 Å². The number of rotatable bonds is 3. The Bertz CT molecular complexity index is 923. The van der Waals surface area contributed by atoms with E-state index in [0.717, 1.165) is 30.4 Å². The fourth-order valence-corrected chi connectivity index (χ4v) is 3.09. The minimum Gasteiger partial charge on any atom is -0.295 e. The number of hydrogen-bond acceptors (Lipinski definition) is 4. The maximum absolute atomic E-state index is 11.4. The molecule has 0 fully saturated rings. The molecule has 1 unspecified atom stereocenters. The highest BCUT2D eigenvalue weighted by Gasteiger charge is 2.31. The van der Waals surface area contributed by atoms with E-state index in [2.05, 4.69) is 27.4 Å². The lowest BCUT2D eigenvalue weighted by atomic mass is 9.79. The van der Waals surface area contributed by atoms with Gasteiger partial charge in [-0.1, -0.05) is 107 Å². The molecule has 0 spiro atoms. The second-order valence-corrected chi connectivity index (χ2v) is 14.5. The Labute approximate surface area is 234 Å². The lowest BCUT2D eigenvalue weighted by Gasteiger charge is -2.24. The number of ketones is 4. The van der Waals surface area contributed by atoms with Crippen molar-refractivity contribution in [2.75, 3.05) is 0 Å². The van der Waals surface area contributed by atoms with Gasteiger partial charge in [0.05, 0.1) is 0 Å². The average Bonchev–Trinajstić information content (AvgIpc) is 3.11. The first-order valence-electron chi connectivity index (χ1n) is 13.7. The first kappa shape index (κ1) is 37.8. The van der Waals surface area contributed by atoms with Crippen molar-refractivity contribution in [2.24, 2.45) is 27.6 Å². The molecule has 2 aliphatic carbocycles. The summed E-state index contributed by atoms with van der Waals surface area (Å²) in [6.45, 7) is 30.9. The van der Waals surface area contributed by atoms with Gasteiger partial charge in [-0.15, -0.1) is 0 Å². The number of carbonyl (C=O) groups is 4. The molecule has 0 amide bonds. The molecule has 0 N–H and O–H groups in total. The van der Waals surface area contributed by atoms with E-state index in [-0.39, 0.29) is 39.1 Å². The second-order valence-electron chi connectivity index (χ2n) is 14.5. The highest BCUT2D eigenvalue weighted by Crippen LogP contribution is 2.33. The van der Waals surface area contributed by atoms with E-state index in [0.29, 0.717) is 11.6 Å². The Morgan fingerprint density at radius 3 is 1.37 bits per heavy atom. The third-order valence-corrected chi connectivity index (χ3v) is 5.90. The lowest BCUT2D eigenvalue weighted by molar-refractivity contribution is -0.123. The molecule has 0 aromatic rings. The fourth-order valence-electron chi connectivity index (χ4n) is 3.09. The van der Waals surface area contributed by atoms with Gasteiger partial charge in [-0.2, -0.15) is 0 Å². The molecule has 0 radical (unpaired) electrons. The molecule has 0 aromatic heterocycles. The highest BCUT2D eigenvalue weighted by molar-refractivity contribution is 6.00. The highest BCUT2D eigenvalue weighted by atomic mass is 16.1. The van der Waals surface area contributed by atoms with Crippen LogP contribution >= 0.6 is 0 Å². The molecular weight excluding hydrogens is 472 g/mol. The van der Waals surface area contributed by atoms with Crippen molar-refractivity contribution in [3.05, 3.63) is 48.1 Å². The van der Waals surface area contributed by atoms with Crippen LogP contribution < -0.4 is 0 Å². The Hall–Kier alpha value is -2.36. The van der Waals surface area contributed by atoms with E-state index in [1.54, 1.807) is 12.2 Å². The molecule has 0 aliphatic heterocycles. The summed E-state index contributed by atoms with van der Waals surface area (Å²) in [7, 11) is 0. The lowest BCUT2D eigenvalue weighted by Crippen LogP contribution is -2.24. The molecule has 216 valence electrons. The first-order valence-corrected chi connectivity index (χ1v) is 13.7. The monoisotopic (exact) mass is 528 g/mol. The van der Waals surface area contributed by atoms with Crippen LogP contribution in [0.1, 0.15) is 116 Å². The van der Waals surface area contributed by atoms with E-state index >= 15 is 0 Å². The number of carbonyl (C=O) groups excluding carboxylic acids is 4. The molecule has 0 saturated heterocycles. The smallest absolute Gasteiger partial charge is 0.163 e. The second kappa shape index (κ2) is 15.3. The van der Waals surface area contributed by atoms with Crippen LogP contribution in [-0.2, 0) is 19.2 Å². The van der Waals surface area contributed by atoms with Gasteiger partial charge in [0.2, 0.25) is 0 Å². The van der Waals surface area contributed by atoms with Crippen molar-refractivity contribution in [3.63, 3.8) is 0 Å². The largest absolute Gasteiger partial charge is 0.295 e. The summed E-state index contributed by atoms with van der Waals surface area (Å²) in [4.78, 5) is 44.4. The molecule has 4 heteroatoms. The van der Waals surface area contributed by atoms with Crippen molar-refractivity contribution in [1.29, 1.82) is 0 Å². The minimum atomic E-state index is -0.248. The number of hydrogen-bond donors (Lipinski definition) is 0. The van der Waals surface area contributed by atoms with E-state index in [1.165, 1.54) is 6.08 Å². The van der Waals surface area contributed by atoms with Crippen LogP contribution in [-0.4, -0.2) is 23.1 Å². The normalized spacial score (nSPS) is 16.6. The maximum Gasteiger partial charge on any atom is 0.163 e. The Morgan fingerprint density at radius 2 is 1.26 bits per heavy atom. The Morgan fingerprint density at radius 1 is 0.816 bits per heavy atom. The van der Waals surface area contributed by atoms with Crippen LogP contribution in [0, 0.1) is 27.6 Å². The molecule has 38 heavy (non-hydrogen) atoms. The van der Waals surface area contributed by atoms with E-state index in [9.17, 15) is 19.2 Å². The molecular formula is C34H56O4. The molecule has 0 saturated carbocycles. The third-order valence-electron chi connectivity index (χ3n) is 5.90. The Balaban J connectivity index is 0. The molecule has 0 heterocycles. The zero-order chi connectivity index (χ0) is 30.7. The van der Waals surface area contributed by atoms with Crippen molar-refractivity contribution in [2.45, 2.75) is 116 Å². The predicted molar refractivity (Wildman–Crippen MR) is 162 cm³/mol. The van der Waals surface area contributed by atoms with Gasteiger partial charge in [0.15, 0.2) is 23.1 Å². The van der Waals surface area contributed by atoms with E-state index in [1.807, 2.05) is 88.3 Å². The molecule has 2 aliphatic rings.